The lowest BCUT2D eigenvalue weighted by Gasteiger charge is -2.22. The molecule has 0 saturated carbocycles. The predicted octanol–water partition coefficient (Wildman–Crippen LogP) is 6.13. The van der Waals surface area contributed by atoms with Crippen LogP contribution in [0.4, 0.5) is 0 Å². The summed E-state index contributed by atoms with van der Waals surface area (Å²) in [5, 5.41) is 4.24. The van der Waals surface area contributed by atoms with Crippen LogP contribution >= 0.6 is 42.0 Å². The monoisotopic (exact) mass is 536 g/mol. The number of halogens is 2. The molecule has 2 aromatic rings. The molecular weight excluding hydrogens is 511 g/mol. The molecule has 2 rings (SSSR count). The minimum atomic E-state index is -0.401. The Morgan fingerprint density at radius 2 is 1.96 bits per heavy atom. The Kier molecular flexibility index (Phi) is 9.11. The van der Waals surface area contributed by atoms with Crippen molar-refractivity contribution in [2.24, 2.45) is 0 Å². The van der Waals surface area contributed by atoms with E-state index in [1.165, 1.54) is 25.7 Å². The quantitative estimate of drug-likeness (QED) is 0.285. The van der Waals surface area contributed by atoms with Gasteiger partial charge in [-0.3, -0.25) is 4.79 Å². The summed E-state index contributed by atoms with van der Waals surface area (Å²) in [5.74, 6) is 0.270. The molecule has 0 aliphatic carbocycles. The fraction of sp³-hybridized carbons (Fsp3) is 0.500. The molecule has 28 heavy (non-hydrogen) atoms. The standard InChI is InChI=1S/C20H26ClIN2O3S/c1-5-6-11-24-19(25)18(21)16(12-23-24)27-17(13-26-28-22)14-7-9-15(10-8-14)20(2,3)4/h7-10,12,17H,5-6,11,13H2,1-4H3. The van der Waals surface area contributed by atoms with E-state index in [1.807, 2.05) is 12.1 Å². The van der Waals surface area contributed by atoms with Crippen molar-refractivity contribution in [3.8, 4) is 5.75 Å². The minimum absolute atomic E-state index is 0.0459. The highest BCUT2D eigenvalue weighted by molar-refractivity contribution is 14.2. The van der Waals surface area contributed by atoms with E-state index < -0.39 is 6.10 Å². The zero-order chi connectivity index (χ0) is 20.7. The van der Waals surface area contributed by atoms with E-state index in [4.69, 9.17) is 20.5 Å². The maximum atomic E-state index is 12.4. The first-order valence-corrected chi connectivity index (χ1v) is 12.9. The molecule has 0 radical (unpaired) electrons. The summed E-state index contributed by atoms with van der Waals surface area (Å²) in [5.41, 5.74) is 1.92. The molecule has 0 saturated heterocycles. The lowest BCUT2D eigenvalue weighted by molar-refractivity contribution is 0.143. The average Bonchev–Trinajstić information content (AvgIpc) is 2.67. The maximum Gasteiger partial charge on any atom is 0.289 e. The lowest BCUT2D eigenvalue weighted by Crippen LogP contribution is -2.24. The van der Waals surface area contributed by atoms with Gasteiger partial charge in [0.2, 0.25) is 0 Å². The lowest BCUT2D eigenvalue weighted by atomic mass is 9.86. The summed E-state index contributed by atoms with van der Waals surface area (Å²) in [6.07, 6.45) is 2.95. The first-order valence-electron chi connectivity index (χ1n) is 9.20. The van der Waals surface area contributed by atoms with Gasteiger partial charge in [-0.25, -0.2) is 4.68 Å². The largest absolute Gasteiger partial charge is 0.480 e. The molecule has 5 nitrogen and oxygen atoms in total. The fourth-order valence-electron chi connectivity index (χ4n) is 2.64. The Hall–Kier alpha value is -0.770. The van der Waals surface area contributed by atoms with Gasteiger partial charge in [-0.2, -0.15) is 5.10 Å². The van der Waals surface area contributed by atoms with E-state index in [2.05, 4.69) is 66.1 Å². The van der Waals surface area contributed by atoms with Gasteiger partial charge in [0.05, 0.1) is 15.4 Å². The van der Waals surface area contributed by atoms with Gasteiger partial charge in [0.25, 0.3) is 5.56 Å². The molecule has 1 aromatic heterocycles. The number of ether oxygens (including phenoxy) is 1. The van der Waals surface area contributed by atoms with Crippen LogP contribution in [-0.4, -0.2) is 16.4 Å². The highest BCUT2D eigenvalue weighted by Gasteiger charge is 2.20. The van der Waals surface area contributed by atoms with Crippen LogP contribution in [0.3, 0.4) is 0 Å². The number of hydrogen-bond donors (Lipinski definition) is 0. The van der Waals surface area contributed by atoms with Crippen LogP contribution in [0.25, 0.3) is 0 Å². The van der Waals surface area contributed by atoms with E-state index in [-0.39, 0.29) is 21.7 Å². The summed E-state index contributed by atoms with van der Waals surface area (Å²) in [6, 6.07) is 8.23. The third-order valence-electron chi connectivity index (χ3n) is 4.36. The van der Waals surface area contributed by atoms with Gasteiger partial charge in [-0.05, 0) is 23.0 Å². The molecule has 0 bridgehead atoms. The first kappa shape index (κ1) is 23.5. The van der Waals surface area contributed by atoms with E-state index in [9.17, 15) is 4.79 Å². The number of aromatic nitrogens is 2. The number of rotatable bonds is 9. The second-order valence-electron chi connectivity index (χ2n) is 7.53. The molecule has 0 fully saturated rings. The van der Waals surface area contributed by atoms with Gasteiger partial charge in [0.1, 0.15) is 12.7 Å². The minimum Gasteiger partial charge on any atom is -0.480 e. The molecule has 0 amide bonds. The summed E-state index contributed by atoms with van der Waals surface area (Å²) < 4.78 is 12.9. The van der Waals surface area contributed by atoms with E-state index >= 15 is 0 Å². The van der Waals surface area contributed by atoms with Gasteiger partial charge in [-0.1, -0.05) is 70.0 Å². The van der Waals surface area contributed by atoms with Crippen LogP contribution in [0, 0.1) is 0 Å². The van der Waals surface area contributed by atoms with E-state index in [0.29, 0.717) is 13.2 Å². The first-order chi connectivity index (χ1) is 13.3. The maximum absolute atomic E-state index is 12.4. The Balaban J connectivity index is 2.27. The highest BCUT2D eigenvalue weighted by atomic mass is 127. The summed E-state index contributed by atoms with van der Waals surface area (Å²) in [6.45, 7) is 9.44. The second-order valence-corrected chi connectivity index (χ2v) is 9.35. The molecule has 8 heteroatoms. The Bertz CT molecular complexity index is 822. The average molecular weight is 537 g/mol. The van der Waals surface area contributed by atoms with E-state index in [1.54, 1.807) is 0 Å². The summed E-state index contributed by atoms with van der Waals surface area (Å²) in [7, 11) is 1.24. The summed E-state index contributed by atoms with van der Waals surface area (Å²) >= 11 is 8.35. The van der Waals surface area contributed by atoms with Crippen LogP contribution < -0.4 is 10.3 Å². The molecule has 0 spiro atoms. The van der Waals surface area contributed by atoms with Crippen LogP contribution in [0.2, 0.25) is 5.02 Å². The van der Waals surface area contributed by atoms with Gasteiger partial charge in [0.15, 0.2) is 10.8 Å². The summed E-state index contributed by atoms with van der Waals surface area (Å²) in [4.78, 5) is 12.4. The molecule has 0 aliphatic heterocycles. The molecule has 0 aliphatic rings. The zero-order valence-electron chi connectivity index (χ0n) is 16.6. The van der Waals surface area contributed by atoms with Crippen molar-refractivity contribution in [1.82, 2.24) is 9.78 Å². The van der Waals surface area contributed by atoms with E-state index in [0.717, 1.165) is 18.4 Å². The van der Waals surface area contributed by atoms with Crippen molar-refractivity contribution < 1.29 is 8.92 Å². The zero-order valence-corrected chi connectivity index (χ0v) is 20.3. The Morgan fingerprint density at radius 1 is 1.29 bits per heavy atom. The van der Waals surface area contributed by atoms with Gasteiger partial charge < -0.3 is 8.92 Å². The number of hydrogen-bond acceptors (Lipinski definition) is 5. The van der Waals surface area contributed by atoms with Gasteiger partial charge in [0, 0.05) is 27.8 Å². The third-order valence-corrected chi connectivity index (χ3v) is 5.69. The molecule has 1 aromatic carbocycles. The van der Waals surface area contributed by atoms with Crippen molar-refractivity contribution >= 4 is 42.0 Å². The van der Waals surface area contributed by atoms with Crippen molar-refractivity contribution in [3.63, 3.8) is 0 Å². The van der Waals surface area contributed by atoms with Crippen LogP contribution in [0.15, 0.2) is 35.3 Å². The second kappa shape index (κ2) is 10.8. The fourth-order valence-corrected chi connectivity index (χ4v) is 3.44. The SMILES string of the molecule is CCCCn1ncc(OC(COSI)c2ccc(C(C)(C)C)cc2)c(Cl)c1=O. The van der Waals surface area contributed by atoms with Crippen molar-refractivity contribution in [3.05, 3.63) is 57.0 Å². The predicted molar refractivity (Wildman–Crippen MR) is 124 cm³/mol. The van der Waals surface area contributed by atoms with Crippen LogP contribution in [-0.2, 0) is 16.1 Å². The molecule has 1 atom stereocenters. The topological polar surface area (TPSA) is 53.4 Å². The highest BCUT2D eigenvalue weighted by Crippen LogP contribution is 2.30. The molecule has 1 heterocycles. The smallest absolute Gasteiger partial charge is 0.289 e. The Labute approximate surface area is 187 Å². The number of aryl methyl sites for hydroxylation is 1. The van der Waals surface area contributed by atoms with Crippen molar-refractivity contribution in [2.75, 3.05) is 6.61 Å². The molecule has 1 unspecified atom stereocenters. The normalized spacial score (nSPS) is 12.8. The van der Waals surface area contributed by atoms with Crippen LogP contribution in [0.5, 0.6) is 5.75 Å². The third kappa shape index (κ3) is 6.37. The Morgan fingerprint density at radius 3 is 2.54 bits per heavy atom. The molecule has 154 valence electrons. The van der Waals surface area contributed by atoms with Gasteiger partial charge in [-0.15, -0.1) is 0 Å². The number of benzene rings is 1. The van der Waals surface area contributed by atoms with Gasteiger partial charge >= 0.3 is 0 Å². The number of nitrogens with zero attached hydrogens (tertiary/aromatic N) is 2. The molecular formula is C20H26ClIN2O3S. The van der Waals surface area contributed by atoms with Crippen LogP contribution in [0.1, 0.15) is 57.8 Å². The molecule has 0 N–H and O–H groups in total. The van der Waals surface area contributed by atoms with Crippen molar-refractivity contribution in [1.29, 1.82) is 0 Å². The number of unbranched alkanes of at least 4 members (excludes halogenated alkanes) is 1. The van der Waals surface area contributed by atoms with Crippen molar-refractivity contribution in [2.45, 2.75) is 58.6 Å².